The zero-order valence-electron chi connectivity index (χ0n) is 9.86. The van der Waals surface area contributed by atoms with Gasteiger partial charge >= 0.3 is 0 Å². The molecule has 0 unspecified atom stereocenters. The molecule has 2 rings (SSSR count). The highest BCUT2D eigenvalue weighted by molar-refractivity contribution is 5.81. The molecule has 1 aliphatic rings. The Balaban J connectivity index is 2.04. The van der Waals surface area contributed by atoms with Crippen LogP contribution in [-0.4, -0.2) is 23.3 Å². The molecule has 0 spiro atoms. The summed E-state index contributed by atoms with van der Waals surface area (Å²) in [5.74, 6) is 0.315. The van der Waals surface area contributed by atoms with Crippen molar-refractivity contribution in [3.63, 3.8) is 0 Å². The number of rotatable bonds is 3. The minimum atomic E-state index is 0.147. The van der Waals surface area contributed by atoms with Crippen LogP contribution in [-0.2, 0) is 11.3 Å². The fourth-order valence-corrected chi connectivity index (χ4v) is 2.46. The third-order valence-corrected chi connectivity index (χ3v) is 3.31. The molecular weight excluding hydrogens is 198 g/mol. The number of carbonyl (C=O) groups is 1. The van der Waals surface area contributed by atoms with Crippen LogP contribution in [0.5, 0.6) is 0 Å². The van der Waals surface area contributed by atoms with E-state index in [1.807, 2.05) is 6.07 Å². The van der Waals surface area contributed by atoms with Gasteiger partial charge in [-0.3, -0.25) is 9.69 Å². The van der Waals surface area contributed by atoms with Gasteiger partial charge in [-0.05, 0) is 31.9 Å². The molecule has 1 aromatic carbocycles. The Morgan fingerprint density at radius 2 is 2.06 bits per heavy atom. The molecule has 2 heteroatoms. The van der Waals surface area contributed by atoms with E-state index >= 15 is 0 Å². The zero-order chi connectivity index (χ0) is 11.4. The summed E-state index contributed by atoms with van der Waals surface area (Å²) in [5, 5.41) is 0. The molecule has 16 heavy (non-hydrogen) atoms. The molecular formula is C14H19NO. The molecule has 0 aromatic heterocycles. The van der Waals surface area contributed by atoms with Crippen molar-refractivity contribution in [3.05, 3.63) is 35.9 Å². The van der Waals surface area contributed by atoms with E-state index in [2.05, 4.69) is 29.2 Å². The Hall–Kier alpha value is -1.15. The van der Waals surface area contributed by atoms with Crippen LogP contribution in [0.1, 0.15) is 31.7 Å². The Kier molecular flexibility index (Phi) is 3.73. The van der Waals surface area contributed by atoms with E-state index in [-0.39, 0.29) is 6.04 Å². The van der Waals surface area contributed by atoms with Gasteiger partial charge in [-0.25, -0.2) is 0 Å². The highest BCUT2D eigenvalue weighted by atomic mass is 16.1. The molecule has 0 aliphatic carbocycles. The Morgan fingerprint density at radius 3 is 2.75 bits per heavy atom. The van der Waals surface area contributed by atoms with Crippen molar-refractivity contribution in [1.82, 2.24) is 4.90 Å². The predicted molar refractivity (Wildman–Crippen MR) is 65.2 cm³/mol. The van der Waals surface area contributed by atoms with Gasteiger partial charge in [-0.1, -0.05) is 36.8 Å². The molecule has 1 saturated heterocycles. The van der Waals surface area contributed by atoms with Gasteiger partial charge in [-0.15, -0.1) is 0 Å². The summed E-state index contributed by atoms with van der Waals surface area (Å²) < 4.78 is 0. The lowest BCUT2D eigenvalue weighted by Crippen LogP contribution is -2.43. The minimum Gasteiger partial charge on any atom is -0.298 e. The number of carbonyl (C=O) groups excluding carboxylic acids is 1. The lowest BCUT2D eigenvalue weighted by molar-refractivity contribution is -0.123. The van der Waals surface area contributed by atoms with Crippen molar-refractivity contribution < 1.29 is 4.79 Å². The summed E-state index contributed by atoms with van der Waals surface area (Å²) >= 11 is 0. The molecule has 0 N–H and O–H groups in total. The van der Waals surface area contributed by atoms with Crippen LogP contribution in [0.3, 0.4) is 0 Å². The molecule has 1 heterocycles. The average Bonchev–Trinajstić information content (AvgIpc) is 2.31. The van der Waals surface area contributed by atoms with E-state index in [4.69, 9.17) is 0 Å². The van der Waals surface area contributed by atoms with Crippen molar-refractivity contribution in [2.75, 3.05) is 6.54 Å². The lowest BCUT2D eigenvalue weighted by atomic mass is 9.98. The average molecular weight is 217 g/mol. The summed E-state index contributed by atoms with van der Waals surface area (Å²) in [7, 11) is 0. The van der Waals surface area contributed by atoms with E-state index in [0.29, 0.717) is 5.78 Å². The van der Waals surface area contributed by atoms with Crippen molar-refractivity contribution in [2.45, 2.75) is 38.8 Å². The Bertz CT molecular complexity index is 347. The van der Waals surface area contributed by atoms with Gasteiger partial charge in [0.05, 0.1) is 6.04 Å². The molecule has 0 saturated carbocycles. The molecule has 2 nitrogen and oxygen atoms in total. The molecule has 0 bridgehead atoms. The van der Waals surface area contributed by atoms with Gasteiger partial charge in [0, 0.05) is 6.54 Å². The second-order valence-corrected chi connectivity index (χ2v) is 4.58. The maximum absolute atomic E-state index is 11.6. The van der Waals surface area contributed by atoms with Gasteiger partial charge < -0.3 is 0 Å². The molecule has 1 atom stereocenters. The first kappa shape index (κ1) is 11.3. The molecule has 0 amide bonds. The fourth-order valence-electron chi connectivity index (χ4n) is 2.46. The maximum Gasteiger partial charge on any atom is 0.146 e. The first-order valence-corrected chi connectivity index (χ1v) is 6.06. The SMILES string of the molecule is CC(=O)[C@@H]1CCCCN1Cc1ccccc1. The summed E-state index contributed by atoms with van der Waals surface area (Å²) in [6, 6.07) is 10.6. The third kappa shape index (κ3) is 2.70. The van der Waals surface area contributed by atoms with E-state index < -0.39 is 0 Å². The van der Waals surface area contributed by atoms with E-state index in [1.165, 1.54) is 18.4 Å². The monoisotopic (exact) mass is 217 g/mol. The molecule has 1 aromatic rings. The number of ketones is 1. The first-order valence-electron chi connectivity index (χ1n) is 6.06. The zero-order valence-corrected chi connectivity index (χ0v) is 9.86. The van der Waals surface area contributed by atoms with E-state index in [0.717, 1.165) is 19.5 Å². The number of piperidine rings is 1. The van der Waals surface area contributed by atoms with E-state index in [1.54, 1.807) is 6.92 Å². The van der Waals surface area contributed by atoms with Crippen LogP contribution >= 0.6 is 0 Å². The number of nitrogens with zero attached hydrogens (tertiary/aromatic N) is 1. The third-order valence-electron chi connectivity index (χ3n) is 3.31. The van der Waals surface area contributed by atoms with Crippen LogP contribution in [0.25, 0.3) is 0 Å². The molecule has 1 aliphatic heterocycles. The largest absolute Gasteiger partial charge is 0.298 e. The Labute approximate surface area is 97.3 Å². The van der Waals surface area contributed by atoms with Crippen LogP contribution in [0.4, 0.5) is 0 Å². The van der Waals surface area contributed by atoms with Crippen LogP contribution in [0, 0.1) is 0 Å². The van der Waals surface area contributed by atoms with E-state index in [9.17, 15) is 4.79 Å². The van der Waals surface area contributed by atoms with Crippen molar-refractivity contribution in [2.24, 2.45) is 0 Å². The molecule has 1 fully saturated rings. The predicted octanol–water partition coefficient (Wildman–Crippen LogP) is 2.63. The van der Waals surface area contributed by atoms with Crippen LogP contribution in [0.2, 0.25) is 0 Å². The van der Waals surface area contributed by atoms with Crippen LogP contribution < -0.4 is 0 Å². The number of benzene rings is 1. The second kappa shape index (κ2) is 5.26. The van der Waals surface area contributed by atoms with Crippen molar-refractivity contribution in [1.29, 1.82) is 0 Å². The standard InChI is InChI=1S/C14H19NO/c1-12(16)14-9-5-6-10-15(14)11-13-7-3-2-4-8-13/h2-4,7-8,14H,5-6,9-11H2,1H3/t14-/m0/s1. The fraction of sp³-hybridized carbons (Fsp3) is 0.500. The highest BCUT2D eigenvalue weighted by Crippen LogP contribution is 2.20. The number of hydrogen-bond donors (Lipinski definition) is 0. The highest BCUT2D eigenvalue weighted by Gasteiger charge is 2.25. The minimum absolute atomic E-state index is 0.147. The smallest absolute Gasteiger partial charge is 0.146 e. The van der Waals surface area contributed by atoms with Gasteiger partial charge in [0.2, 0.25) is 0 Å². The summed E-state index contributed by atoms with van der Waals surface area (Å²) in [6.45, 7) is 3.68. The second-order valence-electron chi connectivity index (χ2n) is 4.58. The van der Waals surface area contributed by atoms with Gasteiger partial charge in [-0.2, -0.15) is 0 Å². The van der Waals surface area contributed by atoms with Gasteiger partial charge in [0.25, 0.3) is 0 Å². The van der Waals surface area contributed by atoms with Crippen molar-refractivity contribution >= 4 is 5.78 Å². The maximum atomic E-state index is 11.6. The van der Waals surface area contributed by atoms with Crippen molar-refractivity contribution in [3.8, 4) is 0 Å². The number of Topliss-reactive ketones (excluding diaryl/α,β-unsaturated/α-hetero) is 1. The summed E-state index contributed by atoms with van der Waals surface area (Å²) in [5.41, 5.74) is 1.30. The Morgan fingerprint density at radius 1 is 1.31 bits per heavy atom. The number of hydrogen-bond acceptors (Lipinski definition) is 2. The summed E-state index contributed by atoms with van der Waals surface area (Å²) in [6.07, 6.45) is 3.44. The molecule has 86 valence electrons. The quantitative estimate of drug-likeness (QED) is 0.775. The normalized spacial score (nSPS) is 21.9. The number of likely N-dealkylation sites (tertiary alicyclic amines) is 1. The van der Waals surface area contributed by atoms with Gasteiger partial charge in [0.1, 0.15) is 5.78 Å². The summed E-state index contributed by atoms with van der Waals surface area (Å²) in [4.78, 5) is 13.9. The van der Waals surface area contributed by atoms with Crippen LogP contribution in [0.15, 0.2) is 30.3 Å². The first-order chi connectivity index (χ1) is 7.77. The topological polar surface area (TPSA) is 20.3 Å². The molecule has 0 radical (unpaired) electrons. The van der Waals surface area contributed by atoms with Gasteiger partial charge in [0.15, 0.2) is 0 Å². The lowest BCUT2D eigenvalue weighted by Gasteiger charge is -2.34.